The van der Waals surface area contributed by atoms with Gasteiger partial charge in [0.15, 0.2) is 5.78 Å². The number of rotatable bonds is 3. The van der Waals surface area contributed by atoms with E-state index in [2.05, 4.69) is 11.9 Å². The van der Waals surface area contributed by atoms with E-state index in [1.165, 1.54) is 15.8 Å². The van der Waals surface area contributed by atoms with Gasteiger partial charge in [0.1, 0.15) is 4.83 Å². The Bertz CT molecular complexity index is 1280. The smallest absolute Gasteiger partial charge is 0.262 e. The van der Waals surface area contributed by atoms with Crippen molar-refractivity contribution in [1.29, 1.82) is 0 Å². The van der Waals surface area contributed by atoms with Crippen molar-refractivity contribution in [1.82, 2.24) is 9.55 Å². The number of hydrogen-bond acceptors (Lipinski definition) is 4. The molecule has 0 aliphatic heterocycles. The lowest BCUT2D eigenvalue weighted by atomic mass is 9.89. The molecule has 2 aromatic carbocycles. The number of carbonyl (C=O) groups is 1. The van der Waals surface area contributed by atoms with E-state index in [0.29, 0.717) is 11.5 Å². The third-order valence-electron chi connectivity index (χ3n) is 5.67. The lowest BCUT2D eigenvalue weighted by Gasteiger charge is -2.17. The molecule has 4 nitrogen and oxygen atoms in total. The topological polar surface area (TPSA) is 52.0 Å². The number of Topliss-reactive ketones (excluding diaryl/α,β-unsaturated/α-hetero) is 1. The highest BCUT2D eigenvalue weighted by Gasteiger charge is 2.23. The Morgan fingerprint density at radius 2 is 2.04 bits per heavy atom. The van der Waals surface area contributed by atoms with E-state index in [0.717, 1.165) is 45.8 Å². The van der Waals surface area contributed by atoms with Gasteiger partial charge in [-0.25, -0.2) is 4.98 Å². The van der Waals surface area contributed by atoms with Crippen molar-refractivity contribution in [3.05, 3.63) is 75.1 Å². The molecule has 0 N–H and O–H groups in total. The normalized spacial score (nSPS) is 16.4. The fraction of sp³-hybridized carbons (Fsp3) is 0.261. The average molecular weight is 388 g/mol. The first-order valence-corrected chi connectivity index (χ1v) is 10.4. The zero-order valence-corrected chi connectivity index (χ0v) is 16.5. The van der Waals surface area contributed by atoms with Gasteiger partial charge in [-0.3, -0.25) is 14.2 Å². The van der Waals surface area contributed by atoms with E-state index in [-0.39, 0.29) is 17.9 Å². The van der Waals surface area contributed by atoms with Crippen molar-refractivity contribution in [2.24, 2.45) is 5.92 Å². The molecule has 1 unspecified atom stereocenters. The van der Waals surface area contributed by atoms with Gasteiger partial charge < -0.3 is 0 Å². The molecule has 0 fully saturated rings. The van der Waals surface area contributed by atoms with Gasteiger partial charge in [0.05, 0.1) is 18.3 Å². The molecule has 2 aromatic heterocycles. The lowest BCUT2D eigenvalue weighted by molar-refractivity contribution is 0.0971. The molecule has 2 heterocycles. The summed E-state index contributed by atoms with van der Waals surface area (Å²) < 4.78 is 1.46. The Hall–Kier alpha value is -2.79. The largest absolute Gasteiger partial charge is 0.292 e. The van der Waals surface area contributed by atoms with Crippen LogP contribution in [0.2, 0.25) is 0 Å². The average Bonchev–Trinajstić information content (AvgIpc) is 3.07. The van der Waals surface area contributed by atoms with Crippen LogP contribution in [0.3, 0.4) is 0 Å². The van der Waals surface area contributed by atoms with Crippen molar-refractivity contribution in [2.75, 3.05) is 0 Å². The molecule has 0 spiro atoms. The molecule has 0 amide bonds. The number of carbonyl (C=O) groups excluding carboxylic acids is 1. The summed E-state index contributed by atoms with van der Waals surface area (Å²) in [5, 5.41) is 2.84. The van der Waals surface area contributed by atoms with Crippen LogP contribution in [0.4, 0.5) is 0 Å². The number of thiophene rings is 1. The summed E-state index contributed by atoms with van der Waals surface area (Å²) in [5.74, 6) is 0.573. The fourth-order valence-corrected chi connectivity index (χ4v) is 5.43. The second-order valence-corrected chi connectivity index (χ2v) is 8.78. The van der Waals surface area contributed by atoms with Crippen LogP contribution in [0.5, 0.6) is 0 Å². The monoisotopic (exact) mass is 388 g/mol. The first kappa shape index (κ1) is 17.3. The molecule has 0 bridgehead atoms. The van der Waals surface area contributed by atoms with Crippen molar-refractivity contribution in [3.8, 4) is 0 Å². The summed E-state index contributed by atoms with van der Waals surface area (Å²) in [6, 6.07) is 13.6. The number of hydrogen-bond donors (Lipinski definition) is 0. The van der Waals surface area contributed by atoms with Gasteiger partial charge in [-0.15, -0.1) is 11.3 Å². The first-order valence-electron chi connectivity index (χ1n) is 9.62. The second kappa shape index (κ2) is 6.67. The Morgan fingerprint density at radius 3 is 2.89 bits per heavy atom. The third kappa shape index (κ3) is 2.87. The number of nitrogens with zero attached hydrogens (tertiary/aromatic N) is 2. The number of fused-ring (bicyclic) bond motifs is 4. The molecule has 28 heavy (non-hydrogen) atoms. The third-order valence-corrected chi connectivity index (χ3v) is 6.83. The van der Waals surface area contributed by atoms with Crippen LogP contribution in [0.1, 0.15) is 34.1 Å². The zero-order valence-electron chi connectivity index (χ0n) is 15.6. The maximum absolute atomic E-state index is 13.1. The summed E-state index contributed by atoms with van der Waals surface area (Å²) in [7, 11) is 0. The fourth-order valence-electron chi connectivity index (χ4n) is 4.09. The minimum absolute atomic E-state index is 0.0150. The van der Waals surface area contributed by atoms with Gasteiger partial charge in [0, 0.05) is 10.4 Å². The number of aryl methyl sites for hydroxylation is 1. The van der Waals surface area contributed by atoms with Crippen LogP contribution in [-0.2, 0) is 19.4 Å². The second-order valence-electron chi connectivity index (χ2n) is 7.69. The molecule has 1 aliphatic rings. The van der Waals surface area contributed by atoms with Crippen LogP contribution in [0, 0.1) is 5.92 Å². The van der Waals surface area contributed by atoms with Crippen molar-refractivity contribution in [3.63, 3.8) is 0 Å². The van der Waals surface area contributed by atoms with E-state index < -0.39 is 0 Å². The highest BCUT2D eigenvalue weighted by atomic mass is 32.1. The predicted molar refractivity (Wildman–Crippen MR) is 113 cm³/mol. The maximum atomic E-state index is 13.1. The van der Waals surface area contributed by atoms with E-state index in [9.17, 15) is 9.59 Å². The highest BCUT2D eigenvalue weighted by molar-refractivity contribution is 7.18. The van der Waals surface area contributed by atoms with E-state index in [4.69, 9.17) is 0 Å². The standard InChI is InChI=1S/C23H20N2O2S/c1-14-6-9-18-20(10-14)28-22-21(18)23(27)25(13-24-22)12-19(26)17-8-7-15-4-2-3-5-16(15)11-17/h2-5,7-8,11,13-14H,6,9-10,12H2,1H3. The number of benzene rings is 2. The molecule has 4 aromatic rings. The summed E-state index contributed by atoms with van der Waals surface area (Å²) in [5.41, 5.74) is 1.68. The number of aromatic nitrogens is 2. The molecule has 0 radical (unpaired) electrons. The van der Waals surface area contributed by atoms with Gasteiger partial charge in [-0.1, -0.05) is 43.3 Å². The minimum atomic E-state index is -0.0915. The first-order chi connectivity index (χ1) is 13.6. The van der Waals surface area contributed by atoms with Gasteiger partial charge in [0.25, 0.3) is 5.56 Å². The molecule has 5 rings (SSSR count). The van der Waals surface area contributed by atoms with Gasteiger partial charge in [-0.05, 0) is 47.6 Å². The quantitative estimate of drug-likeness (QED) is 0.481. The molecular formula is C23H20N2O2S. The molecule has 0 saturated carbocycles. The maximum Gasteiger partial charge on any atom is 0.262 e. The molecular weight excluding hydrogens is 368 g/mol. The SMILES string of the molecule is CC1CCc2c(sc3ncn(CC(=O)c4ccc5ccccc5c4)c(=O)c23)C1. The molecule has 0 saturated heterocycles. The Morgan fingerprint density at radius 1 is 1.21 bits per heavy atom. The summed E-state index contributed by atoms with van der Waals surface area (Å²) in [4.78, 5) is 32.5. The lowest BCUT2D eigenvalue weighted by Crippen LogP contribution is -2.25. The summed E-state index contributed by atoms with van der Waals surface area (Å²) >= 11 is 1.63. The molecule has 5 heteroatoms. The Labute approximate surface area is 166 Å². The van der Waals surface area contributed by atoms with Crippen LogP contribution >= 0.6 is 11.3 Å². The van der Waals surface area contributed by atoms with Crippen molar-refractivity contribution < 1.29 is 4.79 Å². The molecule has 1 aliphatic carbocycles. The van der Waals surface area contributed by atoms with E-state index >= 15 is 0 Å². The summed E-state index contributed by atoms with van der Waals surface area (Å²) in [6.45, 7) is 2.27. The highest BCUT2D eigenvalue weighted by Crippen LogP contribution is 2.35. The Kier molecular flexibility index (Phi) is 4.13. The predicted octanol–water partition coefficient (Wildman–Crippen LogP) is 4.62. The minimum Gasteiger partial charge on any atom is -0.292 e. The van der Waals surface area contributed by atoms with Crippen molar-refractivity contribution >= 4 is 38.1 Å². The van der Waals surface area contributed by atoms with E-state index in [1.807, 2.05) is 42.5 Å². The zero-order chi connectivity index (χ0) is 19.3. The van der Waals surface area contributed by atoms with Crippen LogP contribution in [0.25, 0.3) is 21.0 Å². The van der Waals surface area contributed by atoms with Gasteiger partial charge in [0.2, 0.25) is 0 Å². The molecule has 1 atom stereocenters. The molecule has 140 valence electrons. The van der Waals surface area contributed by atoms with Crippen LogP contribution in [0.15, 0.2) is 53.6 Å². The Balaban J connectivity index is 1.51. The van der Waals surface area contributed by atoms with Crippen molar-refractivity contribution in [2.45, 2.75) is 32.7 Å². The van der Waals surface area contributed by atoms with E-state index in [1.54, 1.807) is 11.3 Å². The summed E-state index contributed by atoms with van der Waals surface area (Å²) in [6.07, 6.45) is 4.57. The van der Waals surface area contributed by atoms with Gasteiger partial charge in [-0.2, -0.15) is 0 Å². The van der Waals surface area contributed by atoms with Crippen LogP contribution in [-0.4, -0.2) is 15.3 Å². The van der Waals surface area contributed by atoms with Gasteiger partial charge >= 0.3 is 0 Å². The number of ketones is 1. The van der Waals surface area contributed by atoms with Crippen LogP contribution < -0.4 is 5.56 Å².